The van der Waals surface area contributed by atoms with Crippen LogP contribution in [-0.2, 0) is 4.74 Å². The predicted octanol–water partition coefficient (Wildman–Crippen LogP) is 4.01. The Balaban J connectivity index is 1.96. The molecule has 0 atom stereocenters. The quantitative estimate of drug-likeness (QED) is 0.559. The third-order valence-electron chi connectivity index (χ3n) is 5.44. The molecule has 4 heterocycles. The number of aromatic carboxylic acids is 1. The Kier molecular flexibility index (Phi) is 5.75. The molecule has 0 unspecified atom stereocenters. The fraction of sp³-hybridized carbons (Fsp3) is 0.429. The number of hydrogen-bond acceptors (Lipinski definition) is 6. The number of piperidine rings is 1. The first-order chi connectivity index (χ1) is 14.4. The van der Waals surface area contributed by atoms with Gasteiger partial charge < -0.3 is 14.7 Å². The second-order valence-electron chi connectivity index (χ2n) is 7.72. The Morgan fingerprint density at radius 3 is 2.60 bits per heavy atom. The molecule has 3 aromatic rings. The summed E-state index contributed by atoms with van der Waals surface area (Å²) in [6.07, 6.45) is 2.01. The highest BCUT2D eigenvalue weighted by atomic mass is 79.9. The van der Waals surface area contributed by atoms with Crippen LogP contribution in [0.2, 0.25) is 0 Å². The summed E-state index contributed by atoms with van der Waals surface area (Å²) in [6, 6.07) is 7.21. The standard InChI is InChI=1S/C21H24BrN5O3/c1-12(2)19-18-15(26-9-7-13(30-3)8-10-26)11-14(21(28)29)23-20(18)27(25-19)17-6-4-5-16(22)24-17/h4-6,11-13H,7-10H2,1-3H3,(H,28,29). The average molecular weight is 474 g/mol. The van der Waals surface area contributed by atoms with Crippen molar-refractivity contribution in [2.24, 2.45) is 0 Å². The zero-order valence-corrected chi connectivity index (χ0v) is 18.8. The van der Waals surface area contributed by atoms with Crippen LogP contribution in [0.4, 0.5) is 5.69 Å². The smallest absolute Gasteiger partial charge is 0.354 e. The second-order valence-corrected chi connectivity index (χ2v) is 8.54. The summed E-state index contributed by atoms with van der Waals surface area (Å²) in [6.45, 7) is 5.72. The number of carbonyl (C=O) groups is 1. The number of nitrogens with zero attached hydrogens (tertiary/aromatic N) is 5. The summed E-state index contributed by atoms with van der Waals surface area (Å²) >= 11 is 3.40. The maximum Gasteiger partial charge on any atom is 0.354 e. The third kappa shape index (κ3) is 3.79. The van der Waals surface area contributed by atoms with Crippen LogP contribution in [0.25, 0.3) is 16.9 Å². The zero-order chi connectivity index (χ0) is 21.4. The van der Waals surface area contributed by atoms with Gasteiger partial charge in [-0.3, -0.25) is 0 Å². The van der Waals surface area contributed by atoms with Crippen molar-refractivity contribution in [3.8, 4) is 5.82 Å². The molecule has 4 rings (SSSR count). The third-order valence-corrected chi connectivity index (χ3v) is 5.89. The van der Waals surface area contributed by atoms with Gasteiger partial charge in [0.05, 0.1) is 22.9 Å². The highest BCUT2D eigenvalue weighted by Gasteiger charge is 2.27. The summed E-state index contributed by atoms with van der Waals surface area (Å²) in [4.78, 5) is 23.1. The first-order valence-corrected chi connectivity index (χ1v) is 10.8. The Bertz CT molecular complexity index is 1090. The van der Waals surface area contributed by atoms with E-state index in [1.165, 1.54) is 0 Å². The van der Waals surface area contributed by atoms with Gasteiger partial charge in [-0.05, 0) is 52.9 Å². The van der Waals surface area contributed by atoms with E-state index < -0.39 is 5.97 Å². The van der Waals surface area contributed by atoms with E-state index in [0.29, 0.717) is 16.1 Å². The Hall–Kier alpha value is -2.52. The van der Waals surface area contributed by atoms with Crippen molar-refractivity contribution in [2.75, 3.05) is 25.1 Å². The molecule has 9 heteroatoms. The van der Waals surface area contributed by atoms with Crippen LogP contribution >= 0.6 is 15.9 Å². The van der Waals surface area contributed by atoms with Crippen LogP contribution in [-0.4, -0.2) is 57.1 Å². The van der Waals surface area contributed by atoms with Crippen LogP contribution in [0.1, 0.15) is 48.8 Å². The number of carboxylic acid groups (broad SMARTS) is 1. The molecule has 8 nitrogen and oxygen atoms in total. The van der Waals surface area contributed by atoms with Gasteiger partial charge in [0.15, 0.2) is 17.2 Å². The average Bonchev–Trinajstić information content (AvgIpc) is 3.13. The molecule has 1 aliphatic rings. The molecule has 1 saturated heterocycles. The van der Waals surface area contributed by atoms with Crippen LogP contribution in [0.3, 0.4) is 0 Å². The molecule has 1 aliphatic heterocycles. The Morgan fingerprint density at radius 2 is 2.00 bits per heavy atom. The molecule has 0 radical (unpaired) electrons. The highest BCUT2D eigenvalue weighted by Crippen LogP contribution is 2.36. The van der Waals surface area contributed by atoms with E-state index in [4.69, 9.17) is 9.84 Å². The highest BCUT2D eigenvalue weighted by molar-refractivity contribution is 9.10. The van der Waals surface area contributed by atoms with E-state index >= 15 is 0 Å². The van der Waals surface area contributed by atoms with Gasteiger partial charge in [-0.1, -0.05) is 19.9 Å². The van der Waals surface area contributed by atoms with Gasteiger partial charge in [-0.25, -0.2) is 14.8 Å². The van der Waals surface area contributed by atoms with Gasteiger partial charge in [0, 0.05) is 20.2 Å². The minimum absolute atomic E-state index is 0.00202. The van der Waals surface area contributed by atoms with E-state index in [1.807, 2.05) is 18.2 Å². The molecule has 0 saturated carbocycles. The molecule has 0 amide bonds. The molecule has 158 valence electrons. The lowest BCUT2D eigenvalue weighted by molar-refractivity contribution is 0.0690. The molecule has 0 spiro atoms. The molecule has 0 bridgehead atoms. The van der Waals surface area contributed by atoms with Crippen molar-refractivity contribution < 1.29 is 14.6 Å². The van der Waals surface area contributed by atoms with Crippen LogP contribution in [0.5, 0.6) is 0 Å². The lowest BCUT2D eigenvalue weighted by atomic mass is 10.0. The minimum atomic E-state index is -1.06. The van der Waals surface area contributed by atoms with E-state index in [0.717, 1.165) is 42.7 Å². The summed E-state index contributed by atoms with van der Waals surface area (Å²) < 4.78 is 7.82. The van der Waals surface area contributed by atoms with Gasteiger partial charge in [-0.15, -0.1) is 0 Å². The van der Waals surface area contributed by atoms with Gasteiger partial charge in [-0.2, -0.15) is 9.78 Å². The van der Waals surface area contributed by atoms with Crippen molar-refractivity contribution in [2.45, 2.75) is 38.7 Å². The first-order valence-electron chi connectivity index (χ1n) is 9.96. The lowest BCUT2D eigenvalue weighted by Gasteiger charge is -2.33. The SMILES string of the molecule is COC1CCN(c2cc(C(=O)O)nc3c2c(C(C)C)nn3-c2cccc(Br)n2)CC1. The van der Waals surface area contributed by atoms with Gasteiger partial charge in [0.2, 0.25) is 0 Å². The molecule has 1 N–H and O–H groups in total. The molecule has 3 aromatic heterocycles. The number of methoxy groups -OCH3 is 1. The van der Waals surface area contributed by atoms with Crippen LogP contribution in [0.15, 0.2) is 28.9 Å². The van der Waals surface area contributed by atoms with Crippen molar-refractivity contribution in [3.63, 3.8) is 0 Å². The number of pyridine rings is 2. The largest absolute Gasteiger partial charge is 0.477 e. The summed E-state index contributed by atoms with van der Waals surface area (Å²) in [5.41, 5.74) is 2.24. The van der Waals surface area contributed by atoms with Crippen molar-refractivity contribution in [3.05, 3.63) is 40.3 Å². The monoisotopic (exact) mass is 473 g/mol. The Morgan fingerprint density at radius 1 is 1.27 bits per heavy atom. The molecular weight excluding hydrogens is 450 g/mol. The number of hydrogen-bond donors (Lipinski definition) is 1. The topological polar surface area (TPSA) is 93.4 Å². The van der Waals surface area contributed by atoms with E-state index in [1.54, 1.807) is 17.9 Å². The Labute approximate surface area is 183 Å². The summed E-state index contributed by atoms with van der Waals surface area (Å²) in [5, 5.41) is 15.4. The maximum atomic E-state index is 11.9. The van der Waals surface area contributed by atoms with Crippen LogP contribution < -0.4 is 4.90 Å². The van der Waals surface area contributed by atoms with E-state index in [2.05, 4.69) is 44.6 Å². The fourth-order valence-electron chi connectivity index (χ4n) is 3.89. The van der Waals surface area contributed by atoms with Crippen molar-refractivity contribution >= 4 is 38.6 Å². The van der Waals surface area contributed by atoms with Crippen molar-refractivity contribution in [1.29, 1.82) is 0 Å². The zero-order valence-electron chi connectivity index (χ0n) is 17.2. The molecule has 30 heavy (non-hydrogen) atoms. The predicted molar refractivity (Wildman–Crippen MR) is 118 cm³/mol. The number of ether oxygens (including phenoxy) is 1. The molecule has 0 aromatic carbocycles. The van der Waals surface area contributed by atoms with E-state index in [-0.39, 0.29) is 17.7 Å². The van der Waals surface area contributed by atoms with E-state index in [9.17, 15) is 9.90 Å². The number of rotatable bonds is 5. The van der Waals surface area contributed by atoms with Crippen LogP contribution in [0, 0.1) is 0 Å². The normalized spacial score (nSPS) is 15.3. The minimum Gasteiger partial charge on any atom is -0.477 e. The van der Waals surface area contributed by atoms with Gasteiger partial charge in [0.1, 0.15) is 4.60 Å². The number of halogens is 1. The second kappa shape index (κ2) is 8.31. The number of carboxylic acids is 1. The lowest BCUT2D eigenvalue weighted by Crippen LogP contribution is -2.37. The number of fused-ring (bicyclic) bond motifs is 1. The summed E-state index contributed by atoms with van der Waals surface area (Å²) in [5.74, 6) is -0.347. The molecule has 1 fully saturated rings. The summed E-state index contributed by atoms with van der Waals surface area (Å²) in [7, 11) is 1.74. The van der Waals surface area contributed by atoms with Crippen molar-refractivity contribution in [1.82, 2.24) is 19.7 Å². The first kappa shape index (κ1) is 20.7. The molecule has 0 aliphatic carbocycles. The molecular formula is C21H24BrN5O3. The van der Waals surface area contributed by atoms with Gasteiger partial charge in [0.25, 0.3) is 0 Å². The number of aromatic nitrogens is 4. The number of anilines is 1. The maximum absolute atomic E-state index is 11.9. The fourth-order valence-corrected chi connectivity index (χ4v) is 4.23. The van der Waals surface area contributed by atoms with Gasteiger partial charge >= 0.3 is 5.97 Å².